The molecule has 1 aromatic carbocycles. The summed E-state index contributed by atoms with van der Waals surface area (Å²) in [5, 5.41) is 0. The van der Waals surface area contributed by atoms with E-state index in [-0.39, 0.29) is 5.75 Å². The highest BCUT2D eigenvalue weighted by Gasteiger charge is 2.62. The van der Waals surface area contributed by atoms with Crippen molar-refractivity contribution in [3.8, 4) is 5.75 Å². The normalized spacial score (nSPS) is 27.5. The van der Waals surface area contributed by atoms with E-state index in [1.165, 1.54) is 12.1 Å². The van der Waals surface area contributed by atoms with Crippen LogP contribution in [0.1, 0.15) is 27.7 Å². The lowest BCUT2D eigenvalue weighted by molar-refractivity contribution is -0.361. The summed E-state index contributed by atoms with van der Waals surface area (Å²) < 4.78 is 47.0. The van der Waals surface area contributed by atoms with Gasteiger partial charge >= 0.3 is 23.9 Å². The summed E-state index contributed by atoms with van der Waals surface area (Å²) in [6.07, 6.45) is -6.78. The van der Waals surface area contributed by atoms with Crippen LogP contribution >= 0.6 is 0 Å². The minimum Gasteiger partial charge on any atom is -0.461 e. The zero-order valence-electron chi connectivity index (χ0n) is 17.4. The molecule has 0 aliphatic carbocycles. The Kier molecular flexibility index (Phi) is 7.92. The van der Waals surface area contributed by atoms with Crippen LogP contribution in [0, 0.1) is 0 Å². The number of ether oxygens (including phenoxy) is 6. The van der Waals surface area contributed by atoms with E-state index in [0.29, 0.717) is 0 Å². The van der Waals surface area contributed by atoms with E-state index in [1.807, 2.05) is 0 Å². The predicted octanol–water partition coefficient (Wildman–Crippen LogP) is 1.45. The van der Waals surface area contributed by atoms with Crippen molar-refractivity contribution in [3.63, 3.8) is 0 Å². The van der Waals surface area contributed by atoms with Gasteiger partial charge in [-0.2, -0.15) is 0 Å². The summed E-state index contributed by atoms with van der Waals surface area (Å²) in [5.74, 6) is -6.26. The first kappa shape index (κ1) is 24.1. The summed E-state index contributed by atoms with van der Waals surface area (Å²) in [6.45, 7) is 3.12. The number of halogens is 1. The van der Waals surface area contributed by atoms with E-state index in [2.05, 4.69) is 0 Å². The molecule has 0 N–H and O–H groups in total. The van der Waals surface area contributed by atoms with Gasteiger partial charge in [0.15, 0.2) is 12.7 Å². The minimum absolute atomic E-state index is 0.215. The van der Waals surface area contributed by atoms with Crippen LogP contribution in [0.15, 0.2) is 30.3 Å². The second-order valence-electron chi connectivity index (χ2n) is 6.66. The molecule has 0 saturated carbocycles. The molecular weight excluding hydrogens is 419 g/mol. The molecular formula is C20H23FO10. The third kappa shape index (κ3) is 6.64. The number of esters is 4. The molecule has 31 heavy (non-hydrogen) atoms. The first-order chi connectivity index (χ1) is 14.5. The maximum Gasteiger partial charge on any atom is 0.303 e. The first-order valence-electron chi connectivity index (χ1n) is 9.25. The highest BCUT2D eigenvalue weighted by Crippen LogP contribution is 2.38. The van der Waals surface area contributed by atoms with Crippen LogP contribution in [0.2, 0.25) is 0 Å². The Hall–Kier alpha value is -3.21. The molecule has 170 valence electrons. The molecule has 0 bridgehead atoms. The lowest BCUT2D eigenvalue weighted by Crippen LogP contribution is -2.68. The minimum atomic E-state index is -2.99. The Morgan fingerprint density at radius 3 is 1.94 bits per heavy atom. The van der Waals surface area contributed by atoms with Crippen LogP contribution in [-0.2, 0) is 42.9 Å². The molecule has 0 radical (unpaired) electrons. The number of benzene rings is 1. The topological polar surface area (TPSA) is 124 Å². The van der Waals surface area contributed by atoms with E-state index in [0.717, 1.165) is 27.7 Å². The monoisotopic (exact) mass is 442 g/mol. The second kappa shape index (κ2) is 10.2. The van der Waals surface area contributed by atoms with Crippen molar-refractivity contribution in [2.75, 3.05) is 6.61 Å². The number of carbonyl (C=O) groups excluding carboxylic acids is 4. The maximum absolute atomic E-state index is 15.9. The summed E-state index contributed by atoms with van der Waals surface area (Å²) in [4.78, 5) is 46.3. The van der Waals surface area contributed by atoms with E-state index in [4.69, 9.17) is 28.4 Å². The molecule has 1 heterocycles. The quantitative estimate of drug-likeness (QED) is 0.453. The third-order valence-corrected chi connectivity index (χ3v) is 3.99. The fourth-order valence-electron chi connectivity index (χ4n) is 2.91. The van der Waals surface area contributed by atoms with E-state index >= 15 is 4.39 Å². The fourth-order valence-corrected chi connectivity index (χ4v) is 2.91. The molecule has 1 aliphatic rings. The van der Waals surface area contributed by atoms with Gasteiger partial charge in [-0.1, -0.05) is 18.2 Å². The van der Waals surface area contributed by atoms with Crippen molar-refractivity contribution in [1.29, 1.82) is 0 Å². The fraction of sp³-hybridized carbons (Fsp3) is 0.500. The van der Waals surface area contributed by atoms with Crippen LogP contribution in [0.4, 0.5) is 4.39 Å². The summed E-state index contributed by atoms with van der Waals surface area (Å²) in [6, 6.07) is 8.02. The number of para-hydroxylation sites is 1. The Morgan fingerprint density at radius 1 is 0.871 bits per heavy atom. The molecule has 0 aromatic heterocycles. The SMILES string of the molecule is CC(=O)OC[C@@]1(F)O[C@@H](Oc2ccccc2)[C@H](OC(C)=O)[C@@H](OC(C)=O)[C@@H]1OC(C)=O. The van der Waals surface area contributed by atoms with Crippen molar-refractivity contribution in [2.24, 2.45) is 0 Å². The first-order valence-corrected chi connectivity index (χ1v) is 9.25. The second-order valence-corrected chi connectivity index (χ2v) is 6.66. The molecule has 1 saturated heterocycles. The van der Waals surface area contributed by atoms with E-state index in [1.54, 1.807) is 18.2 Å². The van der Waals surface area contributed by atoms with Gasteiger partial charge in [-0.15, -0.1) is 0 Å². The lowest BCUT2D eigenvalue weighted by atomic mass is 9.96. The van der Waals surface area contributed by atoms with Gasteiger partial charge in [0.25, 0.3) is 5.85 Å². The molecule has 1 aromatic rings. The van der Waals surface area contributed by atoms with Crippen LogP contribution in [-0.4, -0.2) is 60.9 Å². The molecule has 10 nitrogen and oxygen atoms in total. The van der Waals surface area contributed by atoms with Crippen LogP contribution in [0.3, 0.4) is 0 Å². The maximum atomic E-state index is 15.9. The summed E-state index contributed by atoms with van der Waals surface area (Å²) in [5.41, 5.74) is 0. The van der Waals surface area contributed by atoms with Gasteiger partial charge in [0, 0.05) is 27.7 Å². The molecule has 5 atom stereocenters. The van der Waals surface area contributed by atoms with Gasteiger partial charge in [-0.05, 0) is 12.1 Å². The van der Waals surface area contributed by atoms with Crippen LogP contribution in [0.25, 0.3) is 0 Å². The van der Waals surface area contributed by atoms with E-state index in [9.17, 15) is 19.2 Å². The Balaban J connectivity index is 2.51. The average molecular weight is 442 g/mol. The highest BCUT2D eigenvalue weighted by atomic mass is 19.2. The Labute approximate surface area is 177 Å². The molecule has 0 unspecified atom stereocenters. The van der Waals surface area contributed by atoms with Gasteiger partial charge in [0.2, 0.25) is 18.5 Å². The molecule has 1 fully saturated rings. The number of hydrogen-bond acceptors (Lipinski definition) is 10. The zero-order valence-corrected chi connectivity index (χ0v) is 17.4. The third-order valence-electron chi connectivity index (χ3n) is 3.99. The Morgan fingerprint density at radius 2 is 1.42 bits per heavy atom. The molecule has 1 aliphatic heterocycles. The van der Waals surface area contributed by atoms with Crippen molar-refractivity contribution >= 4 is 23.9 Å². The standard InChI is InChI=1S/C20H23FO10/c1-11(22)26-10-20(21)18(29-14(4)25)16(27-12(2)23)17(28-13(3)24)19(31-20)30-15-8-6-5-7-9-15/h5-9,16-19H,10H2,1-4H3/t16-,17-,18+,19-,20-/m1/s1. The summed E-state index contributed by atoms with van der Waals surface area (Å²) >= 11 is 0. The lowest BCUT2D eigenvalue weighted by Gasteiger charge is -2.46. The molecule has 11 heteroatoms. The van der Waals surface area contributed by atoms with Gasteiger partial charge in [-0.3, -0.25) is 23.9 Å². The smallest absolute Gasteiger partial charge is 0.303 e. The highest BCUT2D eigenvalue weighted by molar-refractivity contribution is 5.68. The largest absolute Gasteiger partial charge is 0.461 e. The van der Waals surface area contributed by atoms with Crippen molar-refractivity contribution in [3.05, 3.63) is 30.3 Å². The number of hydrogen-bond donors (Lipinski definition) is 0. The van der Waals surface area contributed by atoms with Gasteiger partial charge in [-0.25, -0.2) is 4.39 Å². The van der Waals surface area contributed by atoms with Crippen LogP contribution in [0.5, 0.6) is 5.75 Å². The zero-order chi connectivity index (χ0) is 23.2. The summed E-state index contributed by atoms with van der Waals surface area (Å²) in [7, 11) is 0. The average Bonchev–Trinajstić information content (AvgIpc) is 2.66. The van der Waals surface area contributed by atoms with Gasteiger partial charge in [0.05, 0.1) is 0 Å². The number of carbonyl (C=O) groups is 4. The molecule has 2 rings (SSSR count). The molecule has 0 spiro atoms. The Bertz CT molecular complexity index is 813. The van der Waals surface area contributed by atoms with Gasteiger partial charge < -0.3 is 23.7 Å². The van der Waals surface area contributed by atoms with Crippen molar-refractivity contribution in [1.82, 2.24) is 0 Å². The van der Waals surface area contributed by atoms with Crippen molar-refractivity contribution < 1.29 is 52.0 Å². The van der Waals surface area contributed by atoms with Gasteiger partial charge in [0.1, 0.15) is 5.75 Å². The number of alkyl halides is 1. The number of rotatable bonds is 7. The molecule has 0 amide bonds. The van der Waals surface area contributed by atoms with Crippen molar-refractivity contribution in [2.45, 2.75) is 58.2 Å². The van der Waals surface area contributed by atoms with E-state index < -0.39 is 60.9 Å². The van der Waals surface area contributed by atoms with Crippen LogP contribution < -0.4 is 4.74 Å². The predicted molar refractivity (Wildman–Crippen MR) is 99.1 cm³/mol.